The van der Waals surface area contributed by atoms with E-state index in [1.54, 1.807) is 0 Å². The number of hydrogen-bond donors (Lipinski definition) is 0. The van der Waals surface area contributed by atoms with Crippen molar-refractivity contribution in [2.24, 2.45) is 0 Å². The average molecular weight is 150 g/mol. The van der Waals surface area contributed by atoms with Gasteiger partial charge in [0, 0.05) is 0 Å². The van der Waals surface area contributed by atoms with Crippen molar-refractivity contribution in [3.05, 3.63) is 23.2 Å². The summed E-state index contributed by atoms with van der Waals surface area (Å²) < 4.78 is 1.44. The van der Waals surface area contributed by atoms with Crippen molar-refractivity contribution in [3.8, 4) is 5.69 Å². The van der Waals surface area contributed by atoms with Gasteiger partial charge in [0.05, 0.1) is 11.1 Å². The van der Waals surface area contributed by atoms with E-state index >= 15 is 0 Å². The van der Waals surface area contributed by atoms with Crippen LogP contribution in [0.15, 0.2) is 11.4 Å². The van der Waals surface area contributed by atoms with Crippen LogP contribution in [0.3, 0.4) is 0 Å². The molecule has 0 aromatic carbocycles. The van der Waals surface area contributed by atoms with Crippen molar-refractivity contribution >= 4 is 11.3 Å². The molecule has 0 bridgehead atoms. The second-order valence-electron chi connectivity index (χ2n) is 1.60. The molecule has 5 heteroatoms. The minimum atomic E-state index is 0.829. The van der Waals surface area contributed by atoms with Crippen LogP contribution in [-0.2, 0) is 0 Å². The Hall–Kier alpha value is -1.23. The second kappa shape index (κ2) is 2.18. The Morgan fingerprint density at radius 2 is 2.60 bits per heavy atom. The molecule has 10 heavy (non-hydrogen) atoms. The first-order chi connectivity index (χ1) is 4.97. The zero-order valence-electron chi connectivity index (χ0n) is 4.85. The van der Waals surface area contributed by atoms with Crippen LogP contribution in [-0.4, -0.2) is 20.2 Å². The van der Waals surface area contributed by atoms with E-state index in [4.69, 9.17) is 0 Å². The third kappa shape index (κ3) is 0.801. The summed E-state index contributed by atoms with van der Waals surface area (Å²) >= 11 is 1.48. The molecule has 2 aromatic heterocycles. The van der Waals surface area contributed by atoms with E-state index < -0.39 is 0 Å². The maximum absolute atomic E-state index is 3.63. The molecule has 0 aliphatic carbocycles. The molecule has 2 radical (unpaired) electrons. The lowest BCUT2D eigenvalue weighted by molar-refractivity contribution is 0.789. The molecule has 0 atom stereocenters. The number of aromatic nitrogens is 4. The normalized spacial score (nSPS) is 10.0. The predicted octanol–water partition coefficient (Wildman–Crippen LogP) is 0.324. The van der Waals surface area contributed by atoms with Crippen LogP contribution in [0.4, 0.5) is 0 Å². The van der Waals surface area contributed by atoms with Crippen molar-refractivity contribution in [2.45, 2.75) is 0 Å². The Bertz CT molecular complexity index is 253. The number of tetrazole rings is 1. The smallest absolute Gasteiger partial charge is 0.188 e. The molecular formula is C5H2N4S. The summed E-state index contributed by atoms with van der Waals surface area (Å²) in [5.41, 5.74) is 0.829. The molecule has 0 saturated carbocycles. The Morgan fingerprint density at radius 3 is 3.20 bits per heavy atom. The van der Waals surface area contributed by atoms with E-state index in [1.807, 2.05) is 11.4 Å². The number of hydrogen-bond acceptors (Lipinski definition) is 4. The molecule has 0 spiro atoms. The third-order valence-electron chi connectivity index (χ3n) is 0.999. The summed E-state index contributed by atoms with van der Waals surface area (Å²) in [4.78, 5) is 0. The van der Waals surface area contributed by atoms with Crippen LogP contribution in [0.5, 0.6) is 0 Å². The van der Waals surface area contributed by atoms with Gasteiger partial charge in [-0.3, -0.25) is 0 Å². The van der Waals surface area contributed by atoms with Crippen LogP contribution in [0.1, 0.15) is 0 Å². The fourth-order valence-electron chi connectivity index (χ4n) is 0.585. The highest BCUT2D eigenvalue weighted by atomic mass is 32.1. The molecule has 2 aromatic rings. The number of thiophene rings is 1. The molecule has 0 fully saturated rings. The largest absolute Gasteiger partial charge is 0.226 e. The Labute approximate surface area is 61.1 Å². The Morgan fingerprint density at radius 1 is 1.60 bits per heavy atom. The summed E-state index contributed by atoms with van der Waals surface area (Å²) in [6.07, 6.45) is 2.56. The molecule has 2 rings (SSSR count). The summed E-state index contributed by atoms with van der Waals surface area (Å²) in [5.74, 6) is 0. The average Bonchev–Trinajstić information content (AvgIpc) is 2.59. The highest BCUT2D eigenvalue weighted by Gasteiger charge is 1.96. The van der Waals surface area contributed by atoms with Crippen LogP contribution >= 0.6 is 11.3 Å². The van der Waals surface area contributed by atoms with Crippen LogP contribution in [0.2, 0.25) is 0 Å². The van der Waals surface area contributed by atoms with Crippen molar-refractivity contribution in [2.75, 3.05) is 0 Å². The van der Waals surface area contributed by atoms with Crippen LogP contribution < -0.4 is 0 Å². The van der Waals surface area contributed by atoms with Crippen molar-refractivity contribution in [1.82, 2.24) is 20.2 Å². The highest BCUT2D eigenvalue weighted by molar-refractivity contribution is 7.07. The minimum absolute atomic E-state index is 0.829. The highest BCUT2D eigenvalue weighted by Crippen LogP contribution is 2.07. The monoisotopic (exact) mass is 150 g/mol. The molecule has 2 heterocycles. The minimum Gasteiger partial charge on any atom is -0.188 e. The van der Waals surface area contributed by atoms with Gasteiger partial charge in [0.2, 0.25) is 6.33 Å². The molecule has 0 unspecified atom stereocenters. The van der Waals surface area contributed by atoms with E-state index in [9.17, 15) is 0 Å². The maximum atomic E-state index is 3.63. The zero-order chi connectivity index (χ0) is 6.81. The molecule has 0 aliphatic heterocycles. The standard InChI is InChI=1S/C5H2N4S/c1-2-10-3-5(1)9-4-6-7-8-9/h1-2H. The van der Waals surface area contributed by atoms with Crippen LogP contribution in [0, 0.1) is 11.7 Å². The van der Waals surface area contributed by atoms with E-state index in [-0.39, 0.29) is 0 Å². The van der Waals surface area contributed by atoms with Gasteiger partial charge in [-0.25, -0.2) is 0 Å². The van der Waals surface area contributed by atoms with E-state index in [0.717, 1.165) is 5.69 Å². The van der Waals surface area contributed by atoms with E-state index in [2.05, 4.69) is 27.2 Å². The molecule has 4 nitrogen and oxygen atoms in total. The SMILES string of the molecule is [c]1sccc1-n1[c]nnn1. The van der Waals surface area contributed by atoms with Gasteiger partial charge in [0.25, 0.3) is 0 Å². The lowest BCUT2D eigenvalue weighted by Crippen LogP contribution is -1.91. The van der Waals surface area contributed by atoms with Gasteiger partial charge in [0.1, 0.15) is 0 Å². The molecule has 48 valence electrons. The summed E-state index contributed by atoms with van der Waals surface area (Å²) in [5, 5.41) is 15.3. The summed E-state index contributed by atoms with van der Waals surface area (Å²) in [6.45, 7) is 0. The Balaban J connectivity index is 2.48. The fourth-order valence-corrected chi connectivity index (χ4v) is 1.13. The first-order valence-electron chi connectivity index (χ1n) is 2.58. The van der Waals surface area contributed by atoms with Gasteiger partial charge in [-0.15, -0.1) is 16.4 Å². The lowest BCUT2D eigenvalue weighted by Gasteiger charge is -1.86. The zero-order valence-corrected chi connectivity index (χ0v) is 5.67. The van der Waals surface area contributed by atoms with Crippen molar-refractivity contribution in [1.29, 1.82) is 0 Å². The van der Waals surface area contributed by atoms with Crippen LogP contribution in [0.25, 0.3) is 5.69 Å². The first kappa shape index (κ1) is 5.55. The molecular weight excluding hydrogens is 148 g/mol. The third-order valence-corrected chi connectivity index (χ3v) is 1.60. The van der Waals surface area contributed by atoms with Crippen molar-refractivity contribution < 1.29 is 0 Å². The maximum Gasteiger partial charge on any atom is 0.226 e. The first-order valence-corrected chi connectivity index (χ1v) is 3.46. The molecule has 0 amide bonds. The van der Waals surface area contributed by atoms with Gasteiger partial charge < -0.3 is 0 Å². The van der Waals surface area contributed by atoms with Crippen molar-refractivity contribution in [3.63, 3.8) is 0 Å². The number of rotatable bonds is 1. The second-order valence-corrected chi connectivity index (χ2v) is 2.31. The molecule has 0 aliphatic rings. The van der Waals surface area contributed by atoms with Gasteiger partial charge in [-0.05, 0) is 21.9 Å². The van der Waals surface area contributed by atoms with Gasteiger partial charge >= 0.3 is 0 Å². The quantitative estimate of drug-likeness (QED) is 0.588. The topological polar surface area (TPSA) is 43.6 Å². The molecule has 0 saturated heterocycles. The van der Waals surface area contributed by atoms with E-state index in [0.29, 0.717) is 0 Å². The predicted molar refractivity (Wildman–Crippen MR) is 34.7 cm³/mol. The number of nitrogens with zero attached hydrogens (tertiary/aromatic N) is 4. The summed E-state index contributed by atoms with van der Waals surface area (Å²) in [6, 6.07) is 1.87. The summed E-state index contributed by atoms with van der Waals surface area (Å²) in [7, 11) is 0. The fraction of sp³-hybridized carbons (Fsp3) is 0. The lowest BCUT2D eigenvalue weighted by atomic mass is 10.5. The van der Waals surface area contributed by atoms with E-state index in [1.165, 1.54) is 16.0 Å². The Kier molecular flexibility index (Phi) is 1.21. The van der Waals surface area contributed by atoms with Gasteiger partial charge in [-0.2, -0.15) is 4.68 Å². The van der Waals surface area contributed by atoms with Gasteiger partial charge in [-0.1, -0.05) is 0 Å². The molecule has 0 N–H and O–H groups in total. The van der Waals surface area contributed by atoms with Gasteiger partial charge in [0.15, 0.2) is 0 Å².